The average molecular weight is 506 g/mol. The number of urea groups is 1. The fourth-order valence-corrected chi connectivity index (χ4v) is 5.28. The van der Waals surface area contributed by atoms with Crippen molar-refractivity contribution in [3.05, 3.63) is 58.6 Å². The normalized spacial score (nSPS) is 20.3. The van der Waals surface area contributed by atoms with Gasteiger partial charge in [0.1, 0.15) is 5.82 Å². The molecule has 184 valence electrons. The van der Waals surface area contributed by atoms with Crippen LogP contribution in [0.3, 0.4) is 0 Å². The number of hydrogen-bond acceptors (Lipinski definition) is 5. The van der Waals surface area contributed by atoms with E-state index in [4.69, 9.17) is 17.3 Å². The molecule has 3 aromatic heterocycles. The van der Waals surface area contributed by atoms with E-state index in [0.29, 0.717) is 30.4 Å². The molecule has 35 heavy (non-hydrogen) atoms. The quantitative estimate of drug-likeness (QED) is 0.549. The zero-order chi connectivity index (χ0) is 25.0. The molecule has 0 radical (unpaired) electrons. The second-order valence-corrected chi connectivity index (χ2v) is 9.47. The second-order valence-electron chi connectivity index (χ2n) is 9.06. The first-order valence-corrected chi connectivity index (χ1v) is 11.5. The van der Waals surface area contributed by atoms with Gasteiger partial charge in [0.15, 0.2) is 0 Å². The largest absolute Gasteiger partial charge is 0.419 e. The van der Waals surface area contributed by atoms with Gasteiger partial charge < -0.3 is 16.0 Å². The van der Waals surface area contributed by atoms with Crippen LogP contribution in [0.1, 0.15) is 42.6 Å². The van der Waals surface area contributed by atoms with Gasteiger partial charge in [-0.15, -0.1) is 0 Å². The van der Waals surface area contributed by atoms with Crippen molar-refractivity contribution in [3.63, 3.8) is 0 Å². The van der Waals surface area contributed by atoms with E-state index in [1.165, 1.54) is 12.4 Å². The summed E-state index contributed by atoms with van der Waals surface area (Å²) < 4.78 is 41.7. The first-order chi connectivity index (χ1) is 16.6. The standard InChI is InChI=1S/C23H23ClF3N7O/c1-13(15-2-5-29-11-17(15)24)31-21(35)33-6-3-22(12-33)4-7-34-19(22)9-18(32-34)14-8-16(23(25,26)27)20(28)30-10-14/h2,5,8-11,13H,3-4,6-7,12H2,1H3,(H2,28,30)(H,31,35). The second kappa shape index (κ2) is 8.40. The van der Waals surface area contributed by atoms with Crippen LogP contribution < -0.4 is 11.1 Å². The zero-order valence-electron chi connectivity index (χ0n) is 18.8. The number of rotatable bonds is 3. The van der Waals surface area contributed by atoms with Gasteiger partial charge in [0.05, 0.1) is 22.3 Å². The predicted molar refractivity (Wildman–Crippen MR) is 124 cm³/mol. The Bertz CT molecular complexity index is 1290. The minimum atomic E-state index is -4.60. The molecule has 5 rings (SSSR count). The van der Waals surface area contributed by atoms with Gasteiger partial charge in [-0.1, -0.05) is 11.6 Å². The van der Waals surface area contributed by atoms with Crippen molar-refractivity contribution in [2.45, 2.75) is 43.9 Å². The Hall–Kier alpha value is -3.34. The fraction of sp³-hybridized carbons (Fsp3) is 0.391. The molecule has 2 aliphatic heterocycles. The zero-order valence-corrected chi connectivity index (χ0v) is 19.6. The molecule has 2 aliphatic rings. The minimum absolute atomic E-state index is 0.196. The number of anilines is 1. The third-order valence-corrected chi connectivity index (χ3v) is 7.21. The van der Waals surface area contributed by atoms with E-state index in [1.54, 1.807) is 23.2 Å². The molecule has 1 saturated heterocycles. The van der Waals surface area contributed by atoms with Gasteiger partial charge >= 0.3 is 12.2 Å². The molecular formula is C23H23ClF3N7O. The maximum atomic E-state index is 13.3. The summed E-state index contributed by atoms with van der Waals surface area (Å²) in [6.45, 7) is 3.54. The van der Waals surface area contributed by atoms with Crippen LogP contribution in [0.5, 0.6) is 0 Å². The lowest BCUT2D eigenvalue weighted by Crippen LogP contribution is -2.41. The molecule has 0 bridgehead atoms. The maximum Gasteiger partial charge on any atom is 0.419 e. The molecule has 12 heteroatoms. The topological polar surface area (TPSA) is 102 Å². The molecule has 0 aliphatic carbocycles. The number of likely N-dealkylation sites (tertiary alicyclic amines) is 1. The van der Waals surface area contributed by atoms with Crippen LogP contribution in [0.15, 0.2) is 36.8 Å². The number of hydrogen-bond donors (Lipinski definition) is 2. The van der Waals surface area contributed by atoms with Crippen LogP contribution >= 0.6 is 11.6 Å². The number of nitrogens with zero attached hydrogens (tertiary/aromatic N) is 5. The lowest BCUT2D eigenvalue weighted by molar-refractivity contribution is -0.137. The lowest BCUT2D eigenvalue weighted by Gasteiger charge is -2.25. The van der Waals surface area contributed by atoms with E-state index in [2.05, 4.69) is 20.4 Å². The van der Waals surface area contributed by atoms with E-state index in [1.807, 2.05) is 11.6 Å². The summed E-state index contributed by atoms with van der Waals surface area (Å²) in [5, 5.41) is 8.00. The van der Waals surface area contributed by atoms with E-state index in [-0.39, 0.29) is 23.1 Å². The first-order valence-electron chi connectivity index (χ1n) is 11.1. The Balaban J connectivity index is 1.34. The molecule has 2 atom stereocenters. The number of amides is 2. The summed E-state index contributed by atoms with van der Waals surface area (Å²) in [6.07, 6.45) is 1.40. The number of nitrogens with one attached hydrogen (secondary N) is 1. The highest BCUT2D eigenvalue weighted by atomic mass is 35.5. The molecule has 3 N–H and O–H groups in total. The predicted octanol–water partition coefficient (Wildman–Crippen LogP) is 4.41. The highest BCUT2D eigenvalue weighted by Gasteiger charge is 2.47. The van der Waals surface area contributed by atoms with Gasteiger partial charge in [0, 0.05) is 54.9 Å². The van der Waals surface area contributed by atoms with Crippen LogP contribution in [-0.4, -0.2) is 43.8 Å². The number of carbonyl (C=O) groups is 1. The average Bonchev–Trinajstić information content (AvgIpc) is 3.50. The summed E-state index contributed by atoms with van der Waals surface area (Å²) in [5.74, 6) is -0.566. The third-order valence-electron chi connectivity index (χ3n) is 6.90. The Labute approximate surface area is 204 Å². The lowest BCUT2D eigenvalue weighted by atomic mass is 9.82. The maximum absolute atomic E-state index is 13.3. The summed E-state index contributed by atoms with van der Waals surface area (Å²) in [5.41, 5.74) is 6.50. The van der Waals surface area contributed by atoms with E-state index in [9.17, 15) is 18.0 Å². The van der Waals surface area contributed by atoms with Crippen molar-refractivity contribution in [2.24, 2.45) is 0 Å². The molecule has 2 unspecified atom stereocenters. The van der Waals surface area contributed by atoms with Crippen LogP contribution in [0, 0.1) is 0 Å². The molecule has 1 fully saturated rings. The van der Waals surface area contributed by atoms with Gasteiger partial charge in [0.2, 0.25) is 0 Å². The molecule has 3 aromatic rings. The molecule has 0 saturated carbocycles. The Morgan fingerprint density at radius 3 is 2.77 bits per heavy atom. The summed E-state index contributed by atoms with van der Waals surface area (Å²) in [6, 6.07) is 4.06. The number of alkyl halides is 3. The number of halogens is 4. The Kier molecular flexibility index (Phi) is 5.62. The first kappa shape index (κ1) is 23.4. The number of aromatic nitrogens is 4. The minimum Gasteiger partial charge on any atom is -0.383 e. The third kappa shape index (κ3) is 4.18. The number of fused-ring (bicyclic) bond motifs is 2. The van der Waals surface area contributed by atoms with Gasteiger partial charge in [-0.05, 0) is 43.5 Å². The molecule has 8 nitrogen and oxygen atoms in total. The van der Waals surface area contributed by atoms with Gasteiger partial charge in [0.25, 0.3) is 0 Å². The van der Waals surface area contributed by atoms with Crippen molar-refractivity contribution in [3.8, 4) is 11.3 Å². The molecule has 0 aromatic carbocycles. The SMILES string of the molecule is CC(NC(=O)N1CCC2(CCn3nc(-c4cnc(N)c(C(F)(F)F)c4)cc32)C1)c1ccncc1Cl. The van der Waals surface area contributed by atoms with Gasteiger partial charge in [-0.3, -0.25) is 9.67 Å². The number of nitrogen functional groups attached to an aromatic ring is 1. The van der Waals surface area contributed by atoms with Gasteiger partial charge in [-0.2, -0.15) is 18.3 Å². The van der Waals surface area contributed by atoms with Crippen molar-refractivity contribution in [1.29, 1.82) is 0 Å². The number of aryl methyl sites for hydroxylation is 1. The van der Waals surface area contributed by atoms with Crippen LogP contribution in [0.25, 0.3) is 11.3 Å². The van der Waals surface area contributed by atoms with Crippen LogP contribution in [-0.2, 0) is 18.1 Å². The van der Waals surface area contributed by atoms with Crippen molar-refractivity contribution in [1.82, 2.24) is 30.0 Å². The van der Waals surface area contributed by atoms with E-state index < -0.39 is 17.6 Å². The highest BCUT2D eigenvalue weighted by molar-refractivity contribution is 6.31. The smallest absolute Gasteiger partial charge is 0.383 e. The molecule has 1 spiro atoms. The fourth-order valence-electron chi connectivity index (χ4n) is 5.00. The Morgan fingerprint density at radius 2 is 2.03 bits per heavy atom. The Morgan fingerprint density at radius 1 is 1.26 bits per heavy atom. The summed E-state index contributed by atoms with van der Waals surface area (Å²) >= 11 is 6.20. The number of pyridine rings is 2. The highest BCUT2D eigenvalue weighted by Crippen LogP contribution is 2.44. The summed E-state index contributed by atoms with van der Waals surface area (Å²) in [7, 11) is 0. The molecule has 5 heterocycles. The summed E-state index contributed by atoms with van der Waals surface area (Å²) in [4.78, 5) is 22.4. The van der Waals surface area contributed by atoms with Crippen LogP contribution in [0.2, 0.25) is 5.02 Å². The number of nitrogens with two attached hydrogens (primary N) is 1. The van der Waals surface area contributed by atoms with E-state index >= 15 is 0 Å². The molecule has 2 amide bonds. The van der Waals surface area contributed by atoms with Crippen molar-refractivity contribution < 1.29 is 18.0 Å². The monoisotopic (exact) mass is 505 g/mol. The van der Waals surface area contributed by atoms with Crippen molar-refractivity contribution in [2.75, 3.05) is 18.8 Å². The van der Waals surface area contributed by atoms with Crippen molar-refractivity contribution >= 4 is 23.4 Å². The van der Waals surface area contributed by atoms with E-state index in [0.717, 1.165) is 30.2 Å². The number of carbonyl (C=O) groups excluding carboxylic acids is 1. The van der Waals surface area contributed by atoms with Crippen LogP contribution in [0.4, 0.5) is 23.8 Å². The van der Waals surface area contributed by atoms with Gasteiger partial charge in [-0.25, -0.2) is 9.78 Å². The molecular weight excluding hydrogens is 483 g/mol.